The van der Waals surface area contributed by atoms with Crippen molar-refractivity contribution < 1.29 is 0 Å². The van der Waals surface area contributed by atoms with Gasteiger partial charge in [0.15, 0.2) is 0 Å². The highest BCUT2D eigenvalue weighted by atomic mass is 35.5. The van der Waals surface area contributed by atoms with Crippen molar-refractivity contribution in [3.05, 3.63) is 0 Å². The standard InChI is InChI=1S/C5H11ClN2/c6-8-4-5-1-2-7-3-5/h5,7-8H,1-4H2/t5-/m1/s1. The Morgan fingerprint density at radius 2 is 2.62 bits per heavy atom. The number of hydrogen-bond donors (Lipinski definition) is 2. The van der Waals surface area contributed by atoms with E-state index in [-0.39, 0.29) is 0 Å². The van der Waals surface area contributed by atoms with Crippen LogP contribution in [-0.2, 0) is 0 Å². The van der Waals surface area contributed by atoms with Crippen LogP contribution in [-0.4, -0.2) is 19.6 Å². The van der Waals surface area contributed by atoms with Gasteiger partial charge in [-0.3, -0.25) is 0 Å². The second-order valence-electron chi connectivity index (χ2n) is 2.20. The van der Waals surface area contributed by atoms with Crippen LogP contribution >= 0.6 is 11.8 Å². The van der Waals surface area contributed by atoms with E-state index in [1.165, 1.54) is 6.42 Å². The van der Waals surface area contributed by atoms with Gasteiger partial charge in [0.2, 0.25) is 0 Å². The van der Waals surface area contributed by atoms with Crippen LogP contribution in [0.15, 0.2) is 0 Å². The summed E-state index contributed by atoms with van der Waals surface area (Å²) in [5, 5.41) is 3.26. The Labute approximate surface area is 54.7 Å². The minimum absolute atomic E-state index is 0.757. The number of nitrogens with one attached hydrogen (secondary N) is 2. The molecule has 0 bridgehead atoms. The minimum Gasteiger partial charge on any atom is -0.316 e. The summed E-state index contributed by atoms with van der Waals surface area (Å²) in [6, 6.07) is 0. The Morgan fingerprint density at radius 3 is 3.12 bits per heavy atom. The molecule has 8 heavy (non-hydrogen) atoms. The molecular formula is C5H11ClN2. The third kappa shape index (κ3) is 1.62. The highest BCUT2D eigenvalue weighted by Gasteiger charge is 2.12. The summed E-state index contributed by atoms with van der Waals surface area (Å²) < 4.78 is 0. The van der Waals surface area contributed by atoms with Gasteiger partial charge in [0.25, 0.3) is 0 Å². The Hall–Kier alpha value is 0.210. The fraction of sp³-hybridized carbons (Fsp3) is 1.00. The molecule has 2 nitrogen and oxygen atoms in total. The van der Waals surface area contributed by atoms with Gasteiger partial charge in [-0.25, -0.2) is 4.84 Å². The highest BCUT2D eigenvalue weighted by Crippen LogP contribution is 2.04. The van der Waals surface area contributed by atoms with Crippen molar-refractivity contribution in [2.45, 2.75) is 6.42 Å². The van der Waals surface area contributed by atoms with Gasteiger partial charge in [0, 0.05) is 6.54 Å². The second kappa shape index (κ2) is 3.28. The first-order valence-corrected chi connectivity index (χ1v) is 3.35. The third-order valence-corrected chi connectivity index (χ3v) is 1.68. The van der Waals surface area contributed by atoms with E-state index >= 15 is 0 Å². The predicted octanol–water partition coefficient (Wildman–Crippen LogP) is 0.339. The molecule has 2 N–H and O–H groups in total. The molecule has 0 aliphatic carbocycles. The molecule has 0 radical (unpaired) electrons. The van der Waals surface area contributed by atoms with Crippen molar-refractivity contribution in [1.29, 1.82) is 0 Å². The van der Waals surface area contributed by atoms with Crippen LogP contribution in [0.25, 0.3) is 0 Å². The molecule has 0 aromatic carbocycles. The lowest BCUT2D eigenvalue weighted by Crippen LogP contribution is -2.17. The van der Waals surface area contributed by atoms with Gasteiger partial charge in [-0.1, -0.05) is 0 Å². The average Bonchev–Trinajstić information content (AvgIpc) is 2.19. The lowest BCUT2D eigenvalue weighted by molar-refractivity contribution is 0.575. The van der Waals surface area contributed by atoms with Crippen LogP contribution in [0.1, 0.15) is 6.42 Å². The lowest BCUT2D eigenvalue weighted by Gasteiger charge is -2.02. The van der Waals surface area contributed by atoms with Crippen molar-refractivity contribution in [2.24, 2.45) is 5.92 Å². The molecule has 1 heterocycles. The van der Waals surface area contributed by atoms with Gasteiger partial charge in [-0.05, 0) is 37.2 Å². The predicted molar refractivity (Wildman–Crippen MR) is 34.8 cm³/mol. The fourth-order valence-electron chi connectivity index (χ4n) is 0.998. The Kier molecular flexibility index (Phi) is 2.59. The molecule has 0 amide bonds. The summed E-state index contributed by atoms with van der Waals surface area (Å²) in [6.07, 6.45) is 1.26. The molecule has 1 aliphatic rings. The quantitative estimate of drug-likeness (QED) is 0.533. The third-order valence-electron chi connectivity index (χ3n) is 1.53. The van der Waals surface area contributed by atoms with Crippen LogP contribution in [0.4, 0.5) is 0 Å². The first-order chi connectivity index (χ1) is 3.93. The topological polar surface area (TPSA) is 24.1 Å². The van der Waals surface area contributed by atoms with E-state index in [0.717, 1.165) is 25.6 Å². The number of halogens is 1. The number of rotatable bonds is 2. The molecule has 0 aromatic rings. The first-order valence-electron chi connectivity index (χ1n) is 2.97. The fourth-order valence-corrected chi connectivity index (χ4v) is 1.22. The molecule has 0 aromatic heterocycles. The van der Waals surface area contributed by atoms with Crippen molar-refractivity contribution in [2.75, 3.05) is 19.6 Å². The van der Waals surface area contributed by atoms with Gasteiger partial charge < -0.3 is 5.32 Å². The molecule has 0 unspecified atom stereocenters. The zero-order valence-corrected chi connectivity index (χ0v) is 5.54. The second-order valence-corrected chi connectivity index (χ2v) is 2.46. The highest BCUT2D eigenvalue weighted by molar-refractivity contribution is 6.13. The molecule has 1 atom stereocenters. The van der Waals surface area contributed by atoms with Gasteiger partial charge in [0.1, 0.15) is 0 Å². The van der Waals surface area contributed by atoms with Gasteiger partial charge in [0.05, 0.1) is 0 Å². The molecule has 1 saturated heterocycles. The smallest absolute Gasteiger partial charge is 0.0149 e. The minimum atomic E-state index is 0.757. The van der Waals surface area contributed by atoms with E-state index in [1.807, 2.05) is 0 Å². The van der Waals surface area contributed by atoms with Gasteiger partial charge in [-0.2, -0.15) is 0 Å². The monoisotopic (exact) mass is 134 g/mol. The molecule has 3 heteroatoms. The maximum absolute atomic E-state index is 5.30. The maximum Gasteiger partial charge on any atom is 0.0149 e. The van der Waals surface area contributed by atoms with E-state index in [0.29, 0.717) is 0 Å². The van der Waals surface area contributed by atoms with E-state index < -0.39 is 0 Å². The molecule has 48 valence electrons. The summed E-state index contributed by atoms with van der Waals surface area (Å²) in [6.45, 7) is 3.22. The summed E-state index contributed by atoms with van der Waals surface area (Å²) in [7, 11) is 0. The molecular weight excluding hydrogens is 124 g/mol. The summed E-state index contributed by atoms with van der Waals surface area (Å²) in [5.74, 6) is 0.757. The lowest BCUT2D eigenvalue weighted by atomic mass is 10.1. The van der Waals surface area contributed by atoms with Crippen LogP contribution in [0.5, 0.6) is 0 Å². The molecule has 1 fully saturated rings. The summed E-state index contributed by atoms with van der Waals surface area (Å²) in [4.78, 5) is 2.64. The zero-order chi connectivity index (χ0) is 5.82. The largest absolute Gasteiger partial charge is 0.316 e. The first kappa shape index (κ1) is 6.33. The Bertz CT molecular complexity index is 61.4. The van der Waals surface area contributed by atoms with Crippen molar-refractivity contribution in [3.8, 4) is 0 Å². The molecule has 0 saturated carbocycles. The zero-order valence-electron chi connectivity index (χ0n) is 4.78. The summed E-state index contributed by atoms with van der Waals surface area (Å²) >= 11 is 5.30. The average molecular weight is 135 g/mol. The Morgan fingerprint density at radius 1 is 1.75 bits per heavy atom. The van der Waals surface area contributed by atoms with Crippen LogP contribution < -0.4 is 10.2 Å². The maximum atomic E-state index is 5.30. The Balaban J connectivity index is 2.06. The molecule has 1 aliphatic heterocycles. The van der Waals surface area contributed by atoms with E-state index in [2.05, 4.69) is 10.2 Å². The molecule has 0 spiro atoms. The SMILES string of the molecule is ClNC[C@@H]1CCNC1. The van der Waals surface area contributed by atoms with Crippen LogP contribution in [0.2, 0.25) is 0 Å². The van der Waals surface area contributed by atoms with Crippen molar-refractivity contribution in [3.63, 3.8) is 0 Å². The van der Waals surface area contributed by atoms with Crippen molar-refractivity contribution in [1.82, 2.24) is 10.2 Å². The summed E-state index contributed by atoms with van der Waals surface area (Å²) in [5.41, 5.74) is 0. The van der Waals surface area contributed by atoms with Crippen molar-refractivity contribution >= 4 is 11.8 Å². The van der Waals surface area contributed by atoms with Gasteiger partial charge in [-0.15, -0.1) is 0 Å². The van der Waals surface area contributed by atoms with Gasteiger partial charge >= 0.3 is 0 Å². The van der Waals surface area contributed by atoms with E-state index in [9.17, 15) is 0 Å². The number of hydrogen-bond acceptors (Lipinski definition) is 2. The normalized spacial score (nSPS) is 28.9. The van der Waals surface area contributed by atoms with Crippen LogP contribution in [0.3, 0.4) is 0 Å². The van der Waals surface area contributed by atoms with E-state index in [1.54, 1.807) is 0 Å². The van der Waals surface area contributed by atoms with Crippen LogP contribution in [0, 0.1) is 5.92 Å². The van der Waals surface area contributed by atoms with E-state index in [4.69, 9.17) is 11.8 Å². The molecule has 1 rings (SSSR count).